The summed E-state index contributed by atoms with van der Waals surface area (Å²) in [4.78, 5) is 15.8. The van der Waals surface area contributed by atoms with Gasteiger partial charge in [0.15, 0.2) is 5.82 Å². The molecule has 0 saturated carbocycles. The van der Waals surface area contributed by atoms with Gasteiger partial charge in [0.1, 0.15) is 5.75 Å². The van der Waals surface area contributed by atoms with Crippen molar-refractivity contribution in [2.75, 3.05) is 31.2 Å². The molecule has 0 aliphatic carbocycles. The third-order valence-electron chi connectivity index (χ3n) is 7.70. The molecule has 2 N–H and O–H groups in total. The van der Waals surface area contributed by atoms with E-state index in [-0.39, 0.29) is 11.8 Å². The van der Waals surface area contributed by atoms with E-state index in [9.17, 15) is 13.6 Å². The second kappa shape index (κ2) is 9.90. The number of amides is 2. The third-order valence-corrected chi connectivity index (χ3v) is 7.70. The van der Waals surface area contributed by atoms with Crippen LogP contribution in [0.2, 0.25) is 0 Å². The Morgan fingerprint density at radius 1 is 1.21 bits per heavy atom. The first kappa shape index (κ1) is 24.7. The standard InChI is InChI=1S/C26H31F2N7O3/c1-32-14-17(13-30-32)19-11-16-3-2-7-34(22(16)12-23(19)38-25(27)28)24-20-15-33(26(29)36)8-4-21(20)35(31-24)18-5-9-37-10-6-18/h11-14,18,25H,2-10,15H2,1H3,(H2,29,36). The van der Waals surface area contributed by atoms with Crippen LogP contribution in [0.15, 0.2) is 24.5 Å². The first-order valence-electron chi connectivity index (χ1n) is 13.0. The summed E-state index contributed by atoms with van der Waals surface area (Å²) in [5.41, 5.74) is 10.8. The summed E-state index contributed by atoms with van der Waals surface area (Å²) in [6.07, 6.45) is 7.48. The molecule has 3 aromatic rings. The van der Waals surface area contributed by atoms with Gasteiger partial charge in [-0.15, -0.1) is 0 Å². The average Bonchev–Trinajstić information content (AvgIpc) is 3.51. The number of anilines is 2. The van der Waals surface area contributed by atoms with Crippen molar-refractivity contribution in [2.45, 2.75) is 51.3 Å². The highest BCUT2D eigenvalue weighted by Gasteiger charge is 2.34. The number of alkyl halides is 2. The maximum atomic E-state index is 13.5. The molecule has 1 aromatic carbocycles. The number of nitrogens with zero attached hydrogens (tertiary/aromatic N) is 6. The quantitative estimate of drug-likeness (QED) is 0.542. The number of rotatable bonds is 5. The first-order valence-corrected chi connectivity index (χ1v) is 13.0. The number of aromatic nitrogens is 4. The van der Waals surface area contributed by atoms with Gasteiger partial charge < -0.3 is 25.0 Å². The maximum Gasteiger partial charge on any atom is 0.387 e. The van der Waals surface area contributed by atoms with Crippen LogP contribution in [-0.4, -0.2) is 63.4 Å². The SMILES string of the molecule is Cn1cc(-c2cc3c(cc2OC(F)F)N(c2nn(C4CCOCC4)c4c2CN(C(N)=O)CC4)CCC3)cn1. The zero-order valence-corrected chi connectivity index (χ0v) is 21.3. The van der Waals surface area contributed by atoms with Crippen LogP contribution in [0.5, 0.6) is 5.75 Å². The summed E-state index contributed by atoms with van der Waals surface area (Å²) in [6, 6.07) is 3.36. The zero-order chi connectivity index (χ0) is 26.4. The van der Waals surface area contributed by atoms with E-state index in [2.05, 4.69) is 14.7 Å². The van der Waals surface area contributed by atoms with Crippen LogP contribution in [0.3, 0.4) is 0 Å². The van der Waals surface area contributed by atoms with E-state index in [0.29, 0.717) is 50.4 Å². The fourth-order valence-electron chi connectivity index (χ4n) is 5.88. The van der Waals surface area contributed by atoms with Crippen molar-refractivity contribution in [1.29, 1.82) is 0 Å². The lowest BCUT2D eigenvalue weighted by atomic mass is 9.95. The van der Waals surface area contributed by atoms with Gasteiger partial charge in [-0.2, -0.15) is 19.0 Å². The van der Waals surface area contributed by atoms with Crippen molar-refractivity contribution < 1.29 is 23.0 Å². The van der Waals surface area contributed by atoms with E-state index in [0.717, 1.165) is 54.0 Å². The number of nitrogens with two attached hydrogens (primary N) is 1. The molecule has 0 atom stereocenters. The minimum atomic E-state index is -2.97. The maximum absolute atomic E-state index is 13.5. The van der Waals surface area contributed by atoms with Crippen LogP contribution >= 0.6 is 0 Å². The number of benzene rings is 1. The monoisotopic (exact) mass is 527 g/mol. The van der Waals surface area contributed by atoms with Gasteiger partial charge in [0, 0.05) is 80.1 Å². The highest BCUT2D eigenvalue weighted by Crippen LogP contribution is 2.44. The number of urea groups is 1. The van der Waals surface area contributed by atoms with Crippen LogP contribution in [0, 0.1) is 0 Å². The number of aryl methyl sites for hydroxylation is 2. The molecular formula is C26H31F2N7O3. The molecule has 3 aliphatic rings. The highest BCUT2D eigenvalue weighted by molar-refractivity contribution is 5.79. The van der Waals surface area contributed by atoms with E-state index < -0.39 is 12.6 Å². The Labute approximate surface area is 218 Å². The van der Waals surface area contributed by atoms with Gasteiger partial charge in [0.05, 0.1) is 18.8 Å². The number of halogens is 2. The molecule has 3 aliphatic heterocycles. The third kappa shape index (κ3) is 4.46. The normalized spacial score (nSPS) is 18.0. The van der Waals surface area contributed by atoms with Gasteiger partial charge in [-0.1, -0.05) is 0 Å². The number of primary amides is 1. The molecule has 5 heterocycles. The first-order chi connectivity index (χ1) is 18.4. The lowest BCUT2D eigenvalue weighted by Crippen LogP contribution is -2.40. The number of carbonyl (C=O) groups is 1. The van der Waals surface area contributed by atoms with Gasteiger partial charge in [-0.3, -0.25) is 9.36 Å². The molecule has 1 fully saturated rings. The second-order valence-electron chi connectivity index (χ2n) is 10.1. The van der Waals surface area contributed by atoms with Gasteiger partial charge in [-0.05, 0) is 37.3 Å². The highest BCUT2D eigenvalue weighted by atomic mass is 19.3. The topological polar surface area (TPSA) is 104 Å². The predicted molar refractivity (Wildman–Crippen MR) is 136 cm³/mol. The summed E-state index contributed by atoms with van der Waals surface area (Å²) >= 11 is 0. The van der Waals surface area contributed by atoms with Crippen molar-refractivity contribution in [3.05, 3.63) is 41.3 Å². The fourth-order valence-corrected chi connectivity index (χ4v) is 5.88. The predicted octanol–water partition coefficient (Wildman–Crippen LogP) is 3.76. The van der Waals surface area contributed by atoms with Crippen molar-refractivity contribution in [2.24, 2.45) is 12.8 Å². The Morgan fingerprint density at radius 3 is 2.74 bits per heavy atom. The average molecular weight is 528 g/mol. The van der Waals surface area contributed by atoms with Crippen LogP contribution < -0.4 is 15.4 Å². The minimum absolute atomic E-state index is 0.0927. The number of hydrogen-bond donors (Lipinski definition) is 1. The van der Waals surface area contributed by atoms with Crippen molar-refractivity contribution >= 4 is 17.5 Å². The molecule has 2 aromatic heterocycles. The van der Waals surface area contributed by atoms with E-state index in [1.807, 2.05) is 6.07 Å². The Morgan fingerprint density at radius 2 is 2.03 bits per heavy atom. The molecule has 202 valence electrons. The summed E-state index contributed by atoms with van der Waals surface area (Å²) in [6.45, 7) is -0.0383. The van der Waals surface area contributed by atoms with E-state index in [4.69, 9.17) is 20.3 Å². The van der Waals surface area contributed by atoms with E-state index >= 15 is 0 Å². The lowest BCUT2D eigenvalue weighted by Gasteiger charge is -2.33. The fraction of sp³-hybridized carbons (Fsp3) is 0.500. The molecule has 10 nitrogen and oxygen atoms in total. The van der Waals surface area contributed by atoms with Crippen molar-refractivity contribution in [3.63, 3.8) is 0 Å². The van der Waals surface area contributed by atoms with E-state index in [1.165, 1.54) is 0 Å². The zero-order valence-electron chi connectivity index (χ0n) is 21.3. The molecule has 0 unspecified atom stereocenters. The summed E-state index contributed by atoms with van der Waals surface area (Å²) in [5.74, 6) is 0.839. The Kier molecular flexibility index (Phi) is 6.42. The summed E-state index contributed by atoms with van der Waals surface area (Å²) in [5, 5.41) is 9.32. The molecule has 1 saturated heterocycles. The summed E-state index contributed by atoms with van der Waals surface area (Å²) in [7, 11) is 1.78. The number of carbonyl (C=O) groups excluding carboxylic acids is 1. The lowest BCUT2D eigenvalue weighted by molar-refractivity contribution is -0.0494. The van der Waals surface area contributed by atoms with Gasteiger partial charge in [0.25, 0.3) is 0 Å². The molecule has 6 rings (SSSR count). The number of hydrogen-bond acceptors (Lipinski definition) is 6. The Bertz CT molecular complexity index is 1350. The van der Waals surface area contributed by atoms with E-state index in [1.54, 1.807) is 35.1 Å². The van der Waals surface area contributed by atoms with Gasteiger partial charge >= 0.3 is 12.6 Å². The van der Waals surface area contributed by atoms with Gasteiger partial charge in [0.2, 0.25) is 0 Å². The summed E-state index contributed by atoms with van der Waals surface area (Å²) < 4.78 is 41.3. The van der Waals surface area contributed by atoms with Crippen LogP contribution in [0.1, 0.15) is 42.1 Å². The van der Waals surface area contributed by atoms with Crippen molar-refractivity contribution in [1.82, 2.24) is 24.5 Å². The number of ether oxygens (including phenoxy) is 2. The Balaban J connectivity index is 1.46. The molecule has 12 heteroatoms. The largest absolute Gasteiger partial charge is 0.434 e. The van der Waals surface area contributed by atoms with Crippen molar-refractivity contribution in [3.8, 4) is 16.9 Å². The minimum Gasteiger partial charge on any atom is -0.434 e. The smallest absolute Gasteiger partial charge is 0.387 e. The van der Waals surface area contributed by atoms with Crippen LogP contribution in [0.25, 0.3) is 11.1 Å². The molecule has 2 amide bonds. The molecule has 0 radical (unpaired) electrons. The molecule has 0 bridgehead atoms. The number of fused-ring (bicyclic) bond motifs is 2. The second-order valence-corrected chi connectivity index (χ2v) is 10.1. The molecular weight excluding hydrogens is 496 g/mol. The Hall–Kier alpha value is -3.67. The van der Waals surface area contributed by atoms with Crippen LogP contribution in [-0.2, 0) is 31.2 Å². The van der Waals surface area contributed by atoms with Gasteiger partial charge in [-0.25, -0.2) is 4.79 Å². The molecule has 0 spiro atoms. The van der Waals surface area contributed by atoms with Crippen LogP contribution in [0.4, 0.5) is 25.1 Å². The molecule has 38 heavy (non-hydrogen) atoms.